The van der Waals surface area contributed by atoms with Gasteiger partial charge < -0.3 is 4.74 Å². The Morgan fingerprint density at radius 3 is 2.88 bits per heavy atom. The molecule has 24 heavy (non-hydrogen) atoms. The first-order chi connectivity index (χ1) is 11.5. The van der Waals surface area contributed by atoms with Crippen molar-refractivity contribution in [1.29, 1.82) is 0 Å². The molecular formula is C16H14N2O4S2. The topological polar surface area (TPSA) is 77.7 Å². The van der Waals surface area contributed by atoms with E-state index in [0.717, 1.165) is 5.69 Å². The fourth-order valence-electron chi connectivity index (χ4n) is 2.18. The van der Waals surface area contributed by atoms with E-state index in [1.807, 2.05) is 17.7 Å². The number of hydrogen-bond acceptors (Lipinski definition) is 7. The summed E-state index contributed by atoms with van der Waals surface area (Å²) in [5, 5.41) is 3.66. The Morgan fingerprint density at radius 1 is 1.29 bits per heavy atom. The average molecular weight is 362 g/mol. The summed E-state index contributed by atoms with van der Waals surface area (Å²) in [6, 6.07) is 4.88. The van der Waals surface area contributed by atoms with Crippen molar-refractivity contribution in [2.75, 3.05) is 0 Å². The lowest BCUT2D eigenvalue weighted by atomic mass is 10.2. The van der Waals surface area contributed by atoms with Gasteiger partial charge in [-0.3, -0.25) is 18.8 Å². The van der Waals surface area contributed by atoms with Crippen LogP contribution in [-0.2, 0) is 16.1 Å². The van der Waals surface area contributed by atoms with Crippen LogP contribution in [-0.4, -0.2) is 21.1 Å². The van der Waals surface area contributed by atoms with Gasteiger partial charge in [-0.15, -0.1) is 22.7 Å². The van der Waals surface area contributed by atoms with Gasteiger partial charge in [0.15, 0.2) is 10.7 Å². The van der Waals surface area contributed by atoms with Crippen LogP contribution in [0.15, 0.2) is 33.8 Å². The Balaban J connectivity index is 1.56. The van der Waals surface area contributed by atoms with Gasteiger partial charge in [0.2, 0.25) is 0 Å². The lowest BCUT2D eigenvalue weighted by Crippen LogP contribution is -2.16. The molecule has 0 spiro atoms. The quantitative estimate of drug-likeness (QED) is 0.498. The molecule has 0 aliphatic rings. The van der Waals surface area contributed by atoms with E-state index in [1.165, 1.54) is 33.1 Å². The average Bonchev–Trinajstić information content (AvgIpc) is 3.21. The molecule has 3 aromatic heterocycles. The van der Waals surface area contributed by atoms with Crippen molar-refractivity contribution in [3.63, 3.8) is 0 Å². The summed E-state index contributed by atoms with van der Waals surface area (Å²) in [5.74, 6) is -0.557. The van der Waals surface area contributed by atoms with E-state index < -0.39 is 5.97 Å². The zero-order chi connectivity index (χ0) is 17.1. The molecule has 0 amide bonds. The van der Waals surface area contributed by atoms with Crippen LogP contribution in [0.25, 0.3) is 4.96 Å². The number of fused-ring (bicyclic) bond motifs is 1. The number of Topliss-reactive ketones (excluding diaryl/α,β-unsaturated/α-hetero) is 1. The highest BCUT2D eigenvalue weighted by Crippen LogP contribution is 2.14. The number of aryl methyl sites for hydroxylation is 1. The van der Waals surface area contributed by atoms with Crippen molar-refractivity contribution in [2.24, 2.45) is 0 Å². The second-order valence-corrected chi connectivity index (χ2v) is 6.93. The number of ether oxygens (including phenoxy) is 1. The van der Waals surface area contributed by atoms with Crippen LogP contribution >= 0.6 is 22.7 Å². The molecule has 0 radical (unpaired) electrons. The van der Waals surface area contributed by atoms with Crippen molar-refractivity contribution in [2.45, 2.75) is 26.4 Å². The van der Waals surface area contributed by atoms with Crippen LogP contribution in [0.4, 0.5) is 0 Å². The van der Waals surface area contributed by atoms with Gasteiger partial charge in [-0.05, 0) is 18.4 Å². The highest BCUT2D eigenvalue weighted by atomic mass is 32.1. The molecule has 8 heteroatoms. The molecule has 0 aliphatic heterocycles. The number of thiazole rings is 1. The Labute approximate surface area is 145 Å². The monoisotopic (exact) mass is 362 g/mol. The molecule has 124 valence electrons. The van der Waals surface area contributed by atoms with E-state index in [0.29, 0.717) is 15.5 Å². The van der Waals surface area contributed by atoms with Gasteiger partial charge in [0.05, 0.1) is 17.0 Å². The summed E-state index contributed by atoms with van der Waals surface area (Å²) in [6.07, 6.45) is 0.120. The molecule has 0 aromatic carbocycles. The Morgan fingerprint density at radius 2 is 2.12 bits per heavy atom. The Kier molecular flexibility index (Phi) is 4.86. The summed E-state index contributed by atoms with van der Waals surface area (Å²) < 4.78 is 6.62. The molecule has 3 heterocycles. The fraction of sp³-hybridized carbons (Fsp3) is 0.250. The second-order valence-electron chi connectivity index (χ2n) is 5.14. The predicted octanol–water partition coefficient (Wildman–Crippen LogP) is 2.83. The van der Waals surface area contributed by atoms with Crippen molar-refractivity contribution in [3.05, 3.63) is 55.6 Å². The highest BCUT2D eigenvalue weighted by Gasteiger charge is 2.12. The van der Waals surface area contributed by atoms with Crippen molar-refractivity contribution >= 4 is 39.4 Å². The molecule has 0 N–H and O–H groups in total. The highest BCUT2D eigenvalue weighted by molar-refractivity contribution is 7.15. The molecule has 0 atom stereocenters. The molecule has 0 saturated carbocycles. The zero-order valence-electron chi connectivity index (χ0n) is 12.9. The lowest BCUT2D eigenvalue weighted by Gasteiger charge is -2.04. The largest absolute Gasteiger partial charge is 0.459 e. The third-order valence-corrected chi connectivity index (χ3v) is 5.22. The summed E-state index contributed by atoms with van der Waals surface area (Å²) in [5.41, 5.74) is 1.03. The maximum absolute atomic E-state index is 12.0. The third-order valence-electron chi connectivity index (χ3n) is 3.36. The van der Waals surface area contributed by atoms with Crippen molar-refractivity contribution in [3.8, 4) is 0 Å². The first-order valence-electron chi connectivity index (χ1n) is 7.23. The smallest absolute Gasteiger partial charge is 0.306 e. The van der Waals surface area contributed by atoms with Crippen molar-refractivity contribution in [1.82, 2.24) is 9.38 Å². The molecule has 3 aromatic rings. The Hall–Kier alpha value is -2.32. The standard InChI is InChI=1S/C16H14N2O4S2/c1-10-9-24-16-17-11(7-14(20)18(10)16)8-22-15(21)5-4-12(19)13-3-2-6-23-13/h2-3,6-7,9H,4-5,8H2,1H3. The van der Waals surface area contributed by atoms with Gasteiger partial charge >= 0.3 is 5.97 Å². The summed E-state index contributed by atoms with van der Waals surface area (Å²) in [4.78, 5) is 41.1. The van der Waals surface area contributed by atoms with Crippen LogP contribution in [0.3, 0.4) is 0 Å². The van der Waals surface area contributed by atoms with E-state index in [9.17, 15) is 14.4 Å². The van der Waals surface area contributed by atoms with Gasteiger partial charge in [-0.25, -0.2) is 4.98 Å². The summed E-state index contributed by atoms with van der Waals surface area (Å²) >= 11 is 2.71. The second kappa shape index (κ2) is 7.06. The number of carbonyl (C=O) groups excluding carboxylic acids is 2. The van der Waals surface area contributed by atoms with Gasteiger partial charge in [0.1, 0.15) is 6.61 Å². The maximum Gasteiger partial charge on any atom is 0.306 e. The minimum Gasteiger partial charge on any atom is -0.459 e. The molecular weight excluding hydrogens is 348 g/mol. The predicted molar refractivity (Wildman–Crippen MR) is 91.8 cm³/mol. The number of ketones is 1. The first kappa shape index (κ1) is 16.5. The lowest BCUT2D eigenvalue weighted by molar-refractivity contribution is -0.145. The molecule has 0 unspecified atom stereocenters. The molecule has 6 nitrogen and oxygen atoms in total. The van der Waals surface area contributed by atoms with E-state index in [1.54, 1.807) is 12.1 Å². The molecule has 0 saturated heterocycles. The van der Waals surface area contributed by atoms with Crippen LogP contribution in [0.2, 0.25) is 0 Å². The minimum absolute atomic E-state index is 0.00999. The first-order valence-corrected chi connectivity index (χ1v) is 8.99. The van der Waals surface area contributed by atoms with Gasteiger partial charge in [0, 0.05) is 23.6 Å². The number of aromatic nitrogens is 2. The van der Waals surface area contributed by atoms with E-state index in [-0.39, 0.29) is 30.8 Å². The SMILES string of the molecule is Cc1csc2nc(COC(=O)CCC(=O)c3cccs3)cc(=O)n12. The number of thiophene rings is 1. The fourth-order valence-corrected chi connectivity index (χ4v) is 3.76. The van der Waals surface area contributed by atoms with Crippen LogP contribution in [0, 0.1) is 6.92 Å². The molecule has 0 fully saturated rings. The molecule has 3 rings (SSSR count). The van der Waals surface area contributed by atoms with Crippen LogP contribution < -0.4 is 5.56 Å². The molecule has 0 aliphatic carbocycles. The molecule has 0 bridgehead atoms. The zero-order valence-corrected chi connectivity index (χ0v) is 14.5. The number of esters is 1. The maximum atomic E-state index is 12.0. The van der Waals surface area contributed by atoms with Gasteiger partial charge in [0.25, 0.3) is 5.56 Å². The normalized spacial score (nSPS) is 10.9. The van der Waals surface area contributed by atoms with Gasteiger partial charge in [-0.2, -0.15) is 0 Å². The van der Waals surface area contributed by atoms with E-state index >= 15 is 0 Å². The van der Waals surface area contributed by atoms with Crippen LogP contribution in [0.1, 0.15) is 33.9 Å². The Bertz CT molecular complexity index is 941. The van der Waals surface area contributed by atoms with Crippen LogP contribution in [0.5, 0.6) is 0 Å². The van der Waals surface area contributed by atoms with Gasteiger partial charge in [-0.1, -0.05) is 6.07 Å². The minimum atomic E-state index is -0.482. The number of nitrogens with zero attached hydrogens (tertiary/aromatic N) is 2. The number of hydrogen-bond donors (Lipinski definition) is 0. The third kappa shape index (κ3) is 3.60. The number of rotatable bonds is 6. The summed E-state index contributed by atoms with van der Waals surface area (Å²) in [7, 11) is 0. The van der Waals surface area contributed by atoms with E-state index in [4.69, 9.17) is 4.74 Å². The van der Waals surface area contributed by atoms with Crippen molar-refractivity contribution < 1.29 is 14.3 Å². The van der Waals surface area contributed by atoms with E-state index in [2.05, 4.69) is 4.98 Å². The number of carbonyl (C=O) groups is 2. The summed E-state index contributed by atoms with van der Waals surface area (Å²) in [6.45, 7) is 1.76.